The molecular formula is C15H20O3S. The van der Waals surface area contributed by atoms with Gasteiger partial charge in [-0.25, -0.2) is 8.42 Å². The second-order valence-corrected chi connectivity index (χ2v) is 8.05. The van der Waals surface area contributed by atoms with Crippen LogP contribution in [0.5, 0.6) is 0 Å². The van der Waals surface area contributed by atoms with Gasteiger partial charge in [-0.1, -0.05) is 44.2 Å². The minimum Gasteiger partial charge on any atom is -0.393 e. The molecule has 0 spiro atoms. The summed E-state index contributed by atoms with van der Waals surface area (Å²) in [5, 5.41) is 9.45. The summed E-state index contributed by atoms with van der Waals surface area (Å²) in [5.41, 5.74) is 0.388. The van der Waals surface area contributed by atoms with Crippen LogP contribution in [0.3, 0.4) is 0 Å². The van der Waals surface area contributed by atoms with Crippen LogP contribution in [-0.4, -0.2) is 24.9 Å². The van der Waals surface area contributed by atoms with Crippen LogP contribution in [0.4, 0.5) is 0 Å². The first-order chi connectivity index (χ1) is 8.75. The quantitative estimate of drug-likeness (QED) is 0.847. The Kier molecular flexibility index (Phi) is 3.58. The maximum atomic E-state index is 12.6. The largest absolute Gasteiger partial charge is 0.393 e. The SMILES string of the molecule is C=C1CC(C)(C)[C@@H](O)C[C@@H]1S(=O)(=O)c1ccccc1. The van der Waals surface area contributed by atoms with Crippen molar-refractivity contribution in [2.45, 2.75) is 42.9 Å². The molecule has 0 radical (unpaired) electrons. The molecule has 2 atom stereocenters. The molecule has 4 heteroatoms. The Morgan fingerprint density at radius 3 is 2.42 bits per heavy atom. The van der Waals surface area contributed by atoms with Gasteiger partial charge in [0.2, 0.25) is 0 Å². The summed E-state index contributed by atoms with van der Waals surface area (Å²) in [6, 6.07) is 8.38. The average molecular weight is 280 g/mol. The van der Waals surface area contributed by atoms with Gasteiger partial charge in [-0.2, -0.15) is 0 Å². The van der Waals surface area contributed by atoms with Crippen LogP contribution in [0.25, 0.3) is 0 Å². The van der Waals surface area contributed by atoms with Crippen molar-refractivity contribution in [2.75, 3.05) is 0 Å². The lowest BCUT2D eigenvalue weighted by Gasteiger charge is -2.40. The van der Waals surface area contributed by atoms with E-state index in [1.165, 1.54) is 0 Å². The third-order valence-corrected chi connectivity index (χ3v) is 6.13. The van der Waals surface area contributed by atoms with Gasteiger partial charge in [0.15, 0.2) is 9.84 Å². The zero-order valence-corrected chi connectivity index (χ0v) is 12.2. The van der Waals surface area contributed by atoms with E-state index in [0.29, 0.717) is 16.9 Å². The lowest BCUT2D eigenvalue weighted by Crippen LogP contribution is -2.42. The number of rotatable bonds is 2. The Bertz CT molecular complexity index is 573. The first-order valence-corrected chi connectivity index (χ1v) is 7.94. The van der Waals surface area contributed by atoms with Gasteiger partial charge >= 0.3 is 0 Å². The fraction of sp³-hybridized carbons (Fsp3) is 0.467. The summed E-state index contributed by atoms with van der Waals surface area (Å²) >= 11 is 0. The first-order valence-electron chi connectivity index (χ1n) is 6.40. The summed E-state index contributed by atoms with van der Waals surface area (Å²) in [7, 11) is -3.45. The van der Waals surface area contributed by atoms with Crippen molar-refractivity contribution in [3.05, 3.63) is 42.5 Å². The van der Waals surface area contributed by atoms with E-state index in [2.05, 4.69) is 6.58 Å². The number of aliphatic hydroxyl groups excluding tert-OH is 1. The molecular weight excluding hydrogens is 260 g/mol. The number of hydrogen-bond acceptors (Lipinski definition) is 3. The van der Waals surface area contributed by atoms with Gasteiger partial charge in [0.25, 0.3) is 0 Å². The van der Waals surface area contributed by atoms with Gasteiger partial charge in [-0.15, -0.1) is 0 Å². The van der Waals surface area contributed by atoms with Crippen LogP contribution in [0.1, 0.15) is 26.7 Å². The minimum absolute atomic E-state index is 0.225. The highest BCUT2D eigenvalue weighted by molar-refractivity contribution is 7.92. The second-order valence-electron chi connectivity index (χ2n) is 5.92. The van der Waals surface area contributed by atoms with Crippen molar-refractivity contribution >= 4 is 9.84 Å². The Morgan fingerprint density at radius 1 is 1.26 bits per heavy atom. The van der Waals surface area contributed by atoms with E-state index in [1.54, 1.807) is 30.3 Å². The molecule has 0 aromatic heterocycles. The van der Waals surface area contributed by atoms with Crippen LogP contribution in [0.2, 0.25) is 0 Å². The van der Waals surface area contributed by atoms with E-state index in [9.17, 15) is 13.5 Å². The summed E-state index contributed by atoms with van der Waals surface area (Å²) in [6.45, 7) is 7.80. The molecule has 1 saturated carbocycles. The molecule has 2 rings (SSSR count). The minimum atomic E-state index is -3.45. The molecule has 0 unspecified atom stereocenters. The molecule has 1 aliphatic carbocycles. The molecule has 1 N–H and O–H groups in total. The number of sulfone groups is 1. The predicted octanol–water partition coefficient (Wildman–Crippen LogP) is 2.57. The fourth-order valence-corrected chi connectivity index (χ4v) is 4.45. The molecule has 0 amide bonds. The topological polar surface area (TPSA) is 54.4 Å². The van der Waals surface area contributed by atoms with Crippen molar-refractivity contribution in [3.8, 4) is 0 Å². The van der Waals surface area contributed by atoms with E-state index < -0.39 is 21.2 Å². The highest BCUT2D eigenvalue weighted by atomic mass is 32.2. The van der Waals surface area contributed by atoms with E-state index >= 15 is 0 Å². The van der Waals surface area contributed by atoms with Crippen molar-refractivity contribution < 1.29 is 13.5 Å². The molecule has 3 nitrogen and oxygen atoms in total. The van der Waals surface area contributed by atoms with Crippen LogP contribution in [-0.2, 0) is 9.84 Å². The van der Waals surface area contributed by atoms with E-state index in [0.717, 1.165) is 0 Å². The normalized spacial score (nSPS) is 27.2. The molecule has 19 heavy (non-hydrogen) atoms. The molecule has 1 fully saturated rings. The molecule has 1 aliphatic rings. The molecule has 0 aliphatic heterocycles. The van der Waals surface area contributed by atoms with Crippen molar-refractivity contribution in [1.82, 2.24) is 0 Å². The van der Waals surface area contributed by atoms with Crippen molar-refractivity contribution in [2.24, 2.45) is 5.41 Å². The van der Waals surface area contributed by atoms with Crippen molar-refractivity contribution in [1.29, 1.82) is 0 Å². The molecule has 1 aromatic rings. The molecule has 1 aromatic carbocycles. The third kappa shape index (κ3) is 2.60. The maximum absolute atomic E-state index is 12.6. The van der Waals surface area contributed by atoms with E-state index in [4.69, 9.17) is 0 Å². The third-order valence-electron chi connectivity index (χ3n) is 3.92. The van der Waals surface area contributed by atoms with Gasteiger partial charge in [0.1, 0.15) is 0 Å². The maximum Gasteiger partial charge on any atom is 0.185 e. The van der Waals surface area contributed by atoms with E-state index in [1.807, 2.05) is 13.8 Å². The highest BCUT2D eigenvalue weighted by Gasteiger charge is 2.42. The zero-order valence-electron chi connectivity index (χ0n) is 11.3. The lowest BCUT2D eigenvalue weighted by atomic mass is 9.73. The highest BCUT2D eigenvalue weighted by Crippen LogP contribution is 2.41. The average Bonchev–Trinajstić information content (AvgIpc) is 2.34. The van der Waals surface area contributed by atoms with Crippen LogP contribution < -0.4 is 0 Å². The van der Waals surface area contributed by atoms with Crippen LogP contribution in [0, 0.1) is 5.41 Å². The van der Waals surface area contributed by atoms with Gasteiger partial charge in [0.05, 0.1) is 16.2 Å². The molecule has 0 saturated heterocycles. The monoisotopic (exact) mass is 280 g/mol. The number of hydrogen-bond donors (Lipinski definition) is 1. The summed E-state index contributed by atoms with van der Waals surface area (Å²) < 4.78 is 25.2. The van der Waals surface area contributed by atoms with Crippen LogP contribution >= 0.6 is 0 Å². The van der Waals surface area contributed by atoms with Gasteiger partial charge in [-0.3, -0.25) is 0 Å². The predicted molar refractivity (Wildman–Crippen MR) is 75.6 cm³/mol. The van der Waals surface area contributed by atoms with Gasteiger partial charge in [0, 0.05) is 0 Å². The molecule has 0 heterocycles. The fourth-order valence-electron chi connectivity index (χ4n) is 2.63. The molecule has 104 valence electrons. The second kappa shape index (κ2) is 4.76. The summed E-state index contributed by atoms with van der Waals surface area (Å²) in [5.74, 6) is 0. The summed E-state index contributed by atoms with van der Waals surface area (Å²) in [4.78, 5) is 0.299. The number of benzene rings is 1. The van der Waals surface area contributed by atoms with E-state index in [-0.39, 0.29) is 11.8 Å². The zero-order chi connectivity index (χ0) is 14.3. The van der Waals surface area contributed by atoms with Gasteiger partial charge < -0.3 is 5.11 Å². The summed E-state index contributed by atoms with van der Waals surface area (Å²) in [6.07, 6.45) is 0.134. The Morgan fingerprint density at radius 2 is 1.84 bits per heavy atom. The number of aliphatic hydroxyl groups is 1. The smallest absolute Gasteiger partial charge is 0.185 e. The Balaban J connectivity index is 2.35. The van der Waals surface area contributed by atoms with Gasteiger partial charge in [-0.05, 0) is 30.4 Å². The van der Waals surface area contributed by atoms with Crippen LogP contribution in [0.15, 0.2) is 47.4 Å². The Hall–Kier alpha value is -1.13. The van der Waals surface area contributed by atoms with Crippen molar-refractivity contribution in [3.63, 3.8) is 0 Å². The lowest BCUT2D eigenvalue weighted by molar-refractivity contribution is 0.0305. The Labute approximate surface area is 114 Å². The molecule has 0 bridgehead atoms. The standard InChI is InChI=1S/C15H20O3S/c1-11-10-15(2,3)14(16)9-13(11)19(17,18)12-7-5-4-6-8-12/h4-8,13-14,16H,1,9-10H2,2-3H3/t13-,14-/m0/s1. The first kappa shape index (κ1) is 14.3.